The minimum absolute atomic E-state index is 0.146. The fraction of sp³-hybridized carbons (Fsp3) is 0.583. The Balaban J connectivity index is 2.44. The lowest BCUT2D eigenvalue weighted by Crippen LogP contribution is -2.53. The maximum atomic E-state index is 11.8. The van der Waals surface area contributed by atoms with Crippen molar-refractivity contribution < 1.29 is 24.0 Å². The average Bonchev–Trinajstić information content (AvgIpc) is 2.45. The molecule has 0 bridgehead atoms. The number of imide groups is 2. The van der Waals surface area contributed by atoms with E-state index in [9.17, 15) is 24.0 Å². The first-order valence-corrected chi connectivity index (χ1v) is 6.40. The van der Waals surface area contributed by atoms with Crippen LogP contribution in [-0.4, -0.2) is 53.0 Å². The van der Waals surface area contributed by atoms with Crippen LogP contribution in [0.15, 0.2) is 10.1 Å². The normalized spacial score (nSPS) is 14.8. The van der Waals surface area contributed by atoms with Crippen molar-refractivity contribution in [2.24, 2.45) is 10.1 Å². The van der Waals surface area contributed by atoms with Crippen molar-refractivity contribution in [3.8, 4) is 0 Å². The molecule has 0 aromatic heterocycles. The first-order valence-electron chi connectivity index (χ1n) is 6.40. The number of rotatable bonds is 8. The summed E-state index contributed by atoms with van der Waals surface area (Å²) in [5, 5.41) is 3.35. The van der Waals surface area contributed by atoms with Crippen molar-refractivity contribution in [1.82, 2.24) is 9.91 Å². The number of carbonyl (C=O) groups excluding carboxylic acids is 5. The zero-order chi connectivity index (χ0) is 15.7. The van der Waals surface area contributed by atoms with E-state index in [4.69, 9.17) is 0 Å². The van der Waals surface area contributed by atoms with Crippen LogP contribution >= 0.6 is 0 Å². The Bertz CT molecular complexity index is 520. The molecule has 0 saturated carbocycles. The Morgan fingerprint density at radius 2 is 1.67 bits per heavy atom. The lowest BCUT2D eigenvalue weighted by Gasteiger charge is -2.28. The number of aliphatic imine (C=N–C) groups is 1. The van der Waals surface area contributed by atoms with E-state index < -0.39 is 24.3 Å². The number of unbranched alkanes of at least 4 members (excludes halogenated alkanes) is 3. The number of carbonyl (C=O) groups is 3. The predicted octanol–water partition coefficient (Wildman–Crippen LogP) is 0.314. The third kappa shape index (κ3) is 4.76. The Morgan fingerprint density at radius 3 is 2.33 bits per heavy atom. The highest BCUT2D eigenvalue weighted by Crippen LogP contribution is 2.14. The second kappa shape index (κ2) is 8.52. The van der Waals surface area contributed by atoms with Gasteiger partial charge >= 0.3 is 6.03 Å². The summed E-state index contributed by atoms with van der Waals surface area (Å²) in [6.45, 7) is 0.550. The van der Waals surface area contributed by atoms with E-state index in [0.717, 1.165) is 30.2 Å². The van der Waals surface area contributed by atoms with Crippen LogP contribution < -0.4 is 0 Å². The highest BCUT2D eigenvalue weighted by molar-refractivity contribution is 6.13. The smallest absolute Gasteiger partial charge is 0.274 e. The molecular formula is C12H14N4O5. The number of amides is 4. The van der Waals surface area contributed by atoms with E-state index in [1.807, 2.05) is 0 Å². The molecule has 0 spiro atoms. The van der Waals surface area contributed by atoms with Crippen molar-refractivity contribution in [2.75, 3.05) is 13.1 Å². The van der Waals surface area contributed by atoms with Gasteiger partial charge in [-0.05, 0) is 12.8 Å². The van der Waals surface area contributed by atoms with Crippen molar-refractivity contribution in [2.45, 2.75) is 32.1 Å². The lowest BCUT2D eigenvalue weighted by molar-refractivity contribution is -0.142. The predicted molar refractivity (Wildman–Crippen MR) is 68.2 cm³/mol. The first kappa shape index (κ1) is 16.4. The van der Waals surface area contributed by atoms with E-state index >= 15 is 0 Å². The standard InChI is InChI=1S/C12H14N4O5/c17-8-13-5-3-1-2-4-6-15-10(19)7-11(20)16(12(15)21)14-9-18/h1-7H2. The van der Waals surface area contributed by atoms with Crippen LogP contribution in [0.4, 0.5) is 4.79 Å². The minimum Gasteiger partial charge on any atom is -0.274 e. The molecule has 9 heteroatoms. The maximum absolute atomic E-state index is 11.8. The largest absolute Gasteiger partial charge is 0.355 e. The fourth-order valence-electron chi connectivity index (χ4n) is 1.85. The summed E-state index contributed by atoms with van der Waals surface area (Å²) in [5.41, 5.74) is 0. The van der Waals surface area contributed by atoms with Gasteiger partial charge in [0, 0.05) is 6.54 Å². The van der Waals surface area contributed by atoms with Gasteiger partial charge in [-0.1, -0.05) is 17.9 Å². The number of urea groups is 1. The molecule has 1 aliphatic rings. The second-order valence-corrected chi connectivity index (χ2v) is 4.29. The van der Waals surface area contributed by atoms with Gasteiger partial charge in [-0.25, -0.2) is 19.4 Å². The summed E-state index contributed by atoms with van der Waals surface area (Å²) in [5.74, 6) is -1.44. The van der Waals surface area contributed by atoms with Crippen LogP contribution in [0.25, 0.3) is 0 Å². The van der Waals surface area contributed by atoms with E-state index in [1.165, 1.54) is 6.08 Å². The highest BCUT2D eigenvalue weighted by atomic mass is 16.2. The number of hydrogen-bond donors (Lipinski definition) is 0. The van der Waals surface area contributed by atoms with Crippen LogP contribution in [0.5, 0.6) is 0 Å². The van der Waals surface area contributed by atoms with Gasteiger partial charge in [-0.15, -0.1) is 5.01 Å². The van der Waals surface area contributed by atoms with Crippen LogP contribution in [-0.2, 0) is 19.2 Å². The second-order valence-electron chi connectivity index (χ2n) is 4.29. The molecule has 0 N–H and O–H groups in total. The summed E-state index contributed by atoms with van der Waals surface area (Å²) >= 11 is 0. The monoisotopic (exact) mass is 294 g/mol. The van der Waals surface area contributed by atoms with Crippen molar-refractivity contribution >= 4 is 30.0 Å². The SMILES string of the molecule is O=C=NCCCCCCN1C(=O)CC(=O)N(N=C=O)C1=O. The quantitative estimate of drug-likeness (QED) is 0.276. The Kier molecular flexibility index (Phi) is 6.67. The first-order chi connectivity index (χ1) is 10.1. The number of nitrogens with zero attached hydrogens (tertiary/aromatic N) is 4. The van der Waals surface area contributed by atoms with Gasteiger partial charge in [0.2, 0.25) is 12.0 Å². The molecule has 0 atom stereocenters. The van der Waals surface area contributed by atoms with E-state index in [-0.39, 0.29) is 6.54 Å². The molecule has 112 valence electrons. The van der Waals surface area contributed by atoms with Gasteiger partial charge in [0.1, 0.15) is 6.42 Å². The topological polar surface area (TPSA) is 117 Å². The van der Waals surface area contributed by atoms with E-state index in [1.54, 1.807) is 0 Å². The van der Waals surface area contributed by atoms with Crippen LogP contribution in [0.3, 0.4) is 0 Å². The molecule has 0 radical (unpaired) electrons. The fourth-order valence-corrected chi connectivity index (χ4v) is 1.85. The number of barbiturate groups is 1. The molecule has 0 aromatic carbocycles. The zero-order valence-electron chi connectivity index (χ0n) is 11.3. The molecule has 0 aromatic rings. The average molecular weight is 294 g/mol. The summed E-state index contributed by atoms with van der Waals surface area (Å²) < 4.78 is 0. The van der Waals surface area contributed by atoms with E-state index in [0.29, 0.717) is 18.0 Å². The third-order valence-corrected chi connectivity index (χ3v) is 2.86. The number of isocyanates is 2. The summed E-state index contributed by atoms with van der Waals surface area (Å²) in [6, 6.07) is -0.926. The maximum Gasteiger partial charge on any atom is 0.355 e. The molecule has 4 amide bonds. The van der Waals surface area contributed by atoms with Gasteiger partial charge in [-0.2, -0.15) is 0 Å². The van der Waals surface area contributed by atoms with Gasteiger partial charge < -0.3 is 0 Å². The van der Waals surface area contributed by atoms with Crippen molar-refractivity contribution in [3.05, 3.63) is 0 Å². The Labute approximate surface area is 120 Å². The minimum atomic E-state index is -0.926. The molecule has 21 heavy (non-hydrogen) atoms. The van der Waals surface area contributed by atoms with Gasteiger partial charge in [0.25, 0.3) is 12.0 Å². The van der Waals surface area contributed by atoms with Crippen LogP contribution in [0.2, 0.25) is 0 Å². The molecule has 0 unspecified atom stereocenters. The highest BCUT2D eigenvalue weighted by Gasteiger charge is 2.37. The third-order valence-electron chi connectivity index (χ3n) is 2.86. The Hall–Kier alpha value is -2.63. The van der Waals surface area contributed by atoms with E-state index in [2.05, 4.69) is 10.1 Å². The van der Waals surface area contributed by atoms with Gasteiger partial charge in [-0.3, -0.25) is 14.5 Å². The lowest BCUT2D eigenvalue weighted by atomic mass is 10.1. The molecule has 1 fully saturated rings. The number of hydrogen-bond acceptors (Lipinski definition) is 7. The number of hydrazone groups is 1. The summed E-state index contributed by atoms with van der Waals surface area (Å²) in [4.78, 5) is 59.1. The van der Waals surface area contributed by atoms with Crippen LogP contribution in [0.1, 0.15) is 32.1 Å². The zero-order valence-corrected chi connectivity index (χ0v) is 11.3. The van der Waals surface area contributed by atoms with Gasteiger partial charge in [0.15, 0.2) is 0 Å². The molecule has 1 rings (SSSR count). The Morgan fingerprint density at radius 1 is 0.952 bits per heavy atom. The van der Waals surface area contributed by atoms with Crippen molar-refractivity contribution in [1.29, 1.82) is 0 Å². The van der Waals surface area contributed by atoms with Gasteiger partial charge in [0.05, 0.1) is 6.54 Å². The molecule has 1 aliphatic heterocycles. The summed E-state index contributed by atoms with van der Waals surface area (Å²) in [7, 11) is 0. The summed E-state index contributed by atoms with van der Waals surface area (Å²) in [6.07, 6.45) is 4.85. The molecule has 9 nitrogen and oxygen atoms in total. The molecule has 1 saturated heterocycles. The van der Waals surface area contributed by atoms with Crippen molar-refractivity contribution in [3.63, 3.8) is 0 Å². The molecular weight excluding hydrogens is 280 g/mol. The molecule has 0 aliphatic carbocycles. The van der Waals surface area contributed by atoms with Crippen LogP contribution in [0, 0.1) is 0 Å². The molecule has 1 heterocycles.